The lowest BCUT2D eigenvalue weighted by Gasteiger charge is -2.26. The van der Waals surface area contributed by atoms with Gasteiger partial charge >= 0.3 is 0 Å². The number of para-hydroxylation sites is 1. The zero-order valence-corrected chi connectivity index (χ0v) is 13.6. The average molecular weight is 344 g/mol. The summed E-state index contributed by atoms with van der Waals surface area (Å²) in [5, 5.41) is 2.23. The Morgan fingerprint density at radius 3 is 2.16 bits per heavy atom. The summed E-state index contributed by atoms with van der Waals surface area (Å²) in [5.74, 6) is -2.51. The number of halogens is 2. The fraction of sp³-hybridized carbons (Fsp3) is 0.263. The molecule has 1 saturated heterocycles. The average Bonchev–Trinajstić information content (AvgIpc) is 2.65. The van der Waals surface area contributed by atoms with Gasteiger partial charge in [0.1, 0.15) is 17.3 Å². The summed E-state index contributed by atoms with van der Waals surface area (Å²) >= 11 is 0. The molecular weight excluding hydrogens is 326 g/mol. The van der Waals surface area contributed by atoms with E-state index < -0.39 is 23.2 Å². The lowest BCUT2D eigenvalue weighted by Crippen LogP contribution is -2.35. The second-order valence-electron chi connectivity index (χ2n) is 5.98. The maximum Gasteiger partial charge on any atom is 0.255 e. The number of hydrogen-bond donors (Lipinski definition) is 1. The van der Waals surface area contributed by atoms with Gasteiger partial charge in [0.15, 0.2) is 0 Å². The number of benzene rings is 2. The minimum Gasteiger partial charge on any atom is -0.339 e. The van der Waals surface area contributed by atoms with E-state index >= 15 is 0 Å². The fourth-order valence-electron chi connectivity index (χ4n) is 2.88. The van der Waals surface area contributed by atoms with Gasteiger partial charge in [0, 0.05) is 24.2 Å². The third-order valence-corrected chi connectivity index (χ3v) is 4.22. The number of anilines is 1. The second kappa shape index (κ2) is 7.42. The molecule has 4 nitrogen and oxygen atoms in total. The minimum absolute atomic E-state index is 0.133. The van der Waals surface area contributed by atoms with Gasteiger partial charge in [-0.15, -0.1) is 0 Å². The number of likely N-dealkylation sites (tertiary alicyclic amines) is 1. The van der Waals surface area contributed by atoms with Crippen LogP contribution in [-0.4, -0.2) is 29.8 Å². The van der Waals surface area contributed by atoms with Gasteiger partial charge in [0.2, 0.25) is 0 Å². The third-order valence-electron chi connectivity index (χ3n) is 4.22. The monoisotopic (exact) mass is 344 g/mol. The number of hydrogen-bond acceptors (Lipinski definition) is 2. The highest BCUT2D eigenvalue weighted by molar-refractivity contribution is 6.06. The van der Waals surface area contributed by atoms with Gasteiger partial charge in [-0.1, -0.05) is 12.1 Å². The number of carbonyl (C=O) groups is 2. The minimum atomic E-state index is -0.853. The summed E-state index contributed by atoms with van der Waals surface area (Å²) in [6, 6.07) is 9.52. The number of rotatable bonds is 3. The molecule has 1 heterocycles. The molecule has 2 aromatic rings. The largest absolute Gasteiger partial charge is 0.339 e. The highest BCUT2D eigenvalue weighted by atomic mass is 19.1. The van der Waals surface area contributed by atoms with Gasteiger partial charge in [-0.2, -0.15) is 0 Å². The Morgan fingerprint density at radius 1 is 0.880 bits per heavy atom. The smallest absolute Gasteiger partial charge is 0.255 e. The number of piperidine rings is 1. The van der Waals surface area contributed by atoms with Crippen molar-refractivity contribution in [1.29, 1.82) is 0 Å². The lowest BCUT2D eigenvalue weighted by molar-refractivity contribution is 0.0724. The SMILES string of the molecule is O=C(Nc1c(F)cccc1F)c1cccc(C(=O)N2CCCCC2)c1. The van der Waals surface area contributed by atoms with E-state index in [9.17, 15) is 18.4 Å². The molecule has 25 heavy (non-hydrogen) atoms. The van der Waals surface area contributed by atoms with Gasteiger partial charge in [0.05, 0.1) is 0 Å². The van der Waals surface area contributed by atoms with Gasteiger partial charge in [-0.3, -0.25) is 9.59 Å². The molecule has 0 unspecified atom stereocenters. The maximum atomic E-state index is 13.7. The van der Waals surface area contributed by atoms with E-state index in [1.807, 2.05) is 0 Å². The maximum absolute atomic E-state index is 13.7. The Hall–Kier alpha value is -2.76. The molecule has 0 radical (unpaired) electrons. The number of amides is 2. The quantitative estimate of drug-likeness (QED) is 0.920. The Kier molecular flexibility index (Phi) is 5.07. The van der Waals surface area contributed by atoms with Crippen LogP contribution in [0.4, 0.5) is 14.5 Å². The van der Waals surface area contributed by atoms with Gasteiger partial charge in [-0.25, -0.2) is 8.78 Å². The van der Waals surface area contributed by atoms with Crippen LogP contribution in [0.5, 0.6) is 0 Å². The molecule has 0 aromatic heterocycles. The number of nitrogens with zero attached hydrogens (tertiary/aromatic N) is 1. The first-order valence-electron chi connectivity index (χ1n) is 8.21. The van der Waals surface area contributed by atoms with Crippen LogP contribution in [0.25, 0.3) is 0 Å². The molecule has 1 N–H and O–H groups in total. The van der Waals surface area contributed by atoms with Crippen LogP contribution in [0.15, 0.2) is 42.5 Å². The molecule has 6 heteroatoms. The first-order valence-corrected chi connectivity index (χ1v) is 8.21. The Bertz CT molecular complexity index is 782. The second-order valence-corrected chi connectivity index (χ2v) is 5.98. The van der Waals surface area contributed by atoms with Gasteiger partial charge in [0.25, 0.3) is 11.8 Å². The summed E-state index contributed by atoms with van der Waals surface area (Å²) in [4.78, 5) is 26.6. The molecule has 1 fully saturated rings. The van der Waals surface area contributed by atoms with Crippen LogP contribution < -0.4 is 5.32 Å². The lowest BCUT2D eigenvalue weighted by atomic mass is 10.1. The summed E-state index contributed by atoms with van der Waals surface area (Å²) < 4.78 is 27.3. The van der Waals surface area contributed by atoms with E-state index in [4.69, 9.17) is 0 Å². The van der Waals surface area contributed by atoms with Crippen molar-refractivity contribution in [1.82, 2.24) is 4.90 Å². The summed E-state index contributed by atoms with van der Waals surface area (Å²) in [5.41, 5.74) is 0.0642. The van der Waals surface area contributed by atoms with Crippen molar-refractivity contribution in [2.45, 2.75) is 19.3 Å². The molecule has 3 rings (SSSR count). The predicted molar refractivity (Wildman–Crippen MR) is 90.5 cm³/mol. The van der Waals surface area contributed by atoms with Crippen LogP contribution >= 0.6 is 0 Å². The topological polar surface area (TPSA) is 49.4 Å². The summed E-state index contributed by atoms with van der Waals surface area (Å²) in [7, 11) is 0. The zero-order valence-electron chi connectivity index (χ0n) is 13.6. The molecule has 2 aromatic carbocycles. The Labute approximate surface area is 144 Å². The summed E-state index contributed by atoms with van der Waals surface area (Å²) in [6.07, 6.45) is 3.05. The fourth-order valence-corrected chi connectivity index (χ4v) is 2.88. The van der Waals surface area contributed by atoms with E-state index in [0.717, 1.165) is 31.4 Å². The van der Waals surface area contributed by atoms with Crippen LogP contribution in [0.3, 0.4) is 0 Å². The van der Waals surface area contributed by atoms with E-state index in [0.29, 0.717) is 18.7 Å². The highest BCUT2D eigenvalue weighted by Gasteiger charge is 2.20. The van der Waals surface area contributed by atoms with Crippen molar-refractivity contribution in [3.05, 3.63) is 65.2 Å². The van der Waals surface area contributed by atoms with Crippen LogP contribution in [0.2, 0.25) is 0 Å². The van der Waals surface area contributed by atoms with Crippen molar-refractivity contribution in [3.63, 3.8) is 0 Å². The molecule has 0 aliphatic carbocycles. The van der Waals surface area contributed by atoms with Crippen LogP contribution in [0, 0.1) is 11.6 Å². The Balaban J connectivity index is 1.78. The molecular formula is C19H18F2N2O2. The molecule has 1 aliphatic rings. The predicted octanol–water partition coefficient (Wildman–Crippen LogP) is 3.84. The molecule has 0 spiro atoms. The van der Waals surface area contributed by atoms with Crippen molar-refractivity contribution in [2.75, 3.05) is 18.4 Å². The molecule has 1 aliphatic heterocycles. The standard InChI is InChI=1S/C19H18F2N2O2/c20-15-8-5-9-16(21)17(15)22-18(24)13-6-4-7-14(12-13)19(25)23-10-2-1-3-11-23/h4-9,12H,1-3,10-11H2,(H,22,24). The van der Waals surface area contributed by atoms with Crippen molar-refractivity contribution in [3.8, 4) is 0 Å². The molecule has 130 valence electrons. The van der Waals surface area contributed by atoms with Crippen molar-refractivity contribution >= 4 is 17.5 Å². The molecule has 0 saturated carbocycles. The molecule has 2 amide bonds. The number of nitrogens with one attached hydrogen (secondary N) is 1. The van der Waals surface area contributed by atoms with Gasteiger partial charge in [-0.05, 0) is 49.6 Å². The highest BCUT2D eigenvalue weighted by Crippen LogP contribution is 2.20. The normalized spacial score (nSPS) is 14.2. The Morgan fingerprint density at radius 2 is 1.48 bits per heavy atom. The van der Waals surface area contributed by atoms with Crippen molar-refractivity contribution in [2.24, 2.45) is 0 Å². The van der Waals surface area contributed by atoms with E-state index in [1.165, 1.54) is 18.2 Å². The van der Waals surface area contributed by atoms with E-state index in [-0.39, 0.29) is 11.5 Å². The first kappa shape index (κ1) is 17.1. The van der Waals surface area contributed by atoms with E-state index in [2.05, 4.69) is 5.32 Å². The molecule has 0 bridgehead atoms. The zero-order chi connectivity index (χ0) is 17.8. The van der Waals surface area contributed by atoms with Crippen molar-refractivity contribution < 1.29 is 18.4 Å². The van der Waals surface area contributed by atoms with Gasteiger partial charge < -0.3 is 10.2 Å². The molecule has 0 atom stereocenters. The summed E-state index contributed by atoms with van der Waals surface area (Å²) in [6.45, 7) is 1.41. The van der Waals surface area contributed by atoms with Crippen LogP contribution in [0.1, 0.15) is 40.0 Å². The third kappa shape index (κ3) is 3.84. The first-order chi connectivity index (χ1) is 12.1. The van der Waals surface area contributed by atoms with E-state index in [1.54, 1.807) is 17.0 Å². The van der Waals surface area contributed by atoms with Crippen LogP contribution in [-0.2, 0) is 0 Å². The number of carbonyl (C=O) groups excluding carboxylic acids is 2.